The molecule has 2 rings (SSSR count). The van der Waals surface area contributed by atoms with Crippen LogP contribution in [-0.2, 0) is 9.53 Å². The molecule has 0 radical (unpaired) electrons. The van der Waals surface area contributed by atoms with Crippen LogP contribution in [0, 0.1) is 5.92 Å². The van der Waals surface area contributed by atoms with Gasteiger partial charge in [-0.15, -0.1) is 0 Å². The van der Waals surface area contributed by atoms with Crippen molar-refractivity contribution in [1.29, 1.82) is 0 Å². The van der Waals surface area contributed by atoms with Gasteiger partial charge in [-0.3, -0.25) is 4.79 Å². The summed E-state index contributed by atoms with van der Waals surface area (Å²) in [6.45, 7) is 7.06. The molecule has 6 nitrogen and oxygen atoms in total. The van der Waals surface area contributed by atoms with Crippen molar-refractivity contribution in [3.8, 4) is 0 Å². The first kappa shape index (κ1) is 14.7. The predicted molar refractivity (Wildman–Crippen MR) is 77.8 cm³/mol. The summed E-state index contributed by atoms with van der Waals surface area (Å²) < 4.78 is 5.29. The molecule has 1 saturated heterocycles. The van der Waals surface area contributed by atoms with Crippen molar-refractivity contribution in [3.63, 3.8) is 0 Å². The van der Waals surface area contributed by atoms with Crippen LogP contribution >= 0.6 is 0 Å². The number of anilines is 2. The lowest BCUT2D eigenvalue weighted by Gasteiger charge is -2.26. The minimum atomic E-state index is 0.0396. The summed E-state index contributed by atoms with van der Waals surface area (Å²) >= 11 is 0. The minimum absolute atomic E-state index is 0.0396. The Hall–Kier alpha value is -1.69. The Balaban J connectivity index is 1.95. The highest BCUT2D eigenvalue weighted by Gasteiger charge is 2.16. The van der Waals surface area contributed by atoms with Crippen LogP contribution in [0.4, 0.5) is 11.6 Å². The molecule has 0 bridgehead atoms. The molecule has 1 aliphatic rings. The van der Waals surface area contributed by atoms with Gasteiger partial charge in [0.25, 0.3) is 0 Å². The normalized spacial score (nSPS) is 15.4. The number of nitrogens with one attached hydrogen (secondary N) is 1. The van der Waals surface area contributed by atoms with Crippen LogP contribution in [0.2, 0.25) is 0 Å². The number of aromatic nitrogens is 2. The van der Waals surface area contributed by atoms with Crippen molar-refractivity contribution < 1.29 is 9.53 Å². The standard InChI is InChI=1S/C14H22N4O2/c1-3-11(4-2)13(19)17-12-9-15-14(16-10-12)18-5-7-20-8-6-18/h9-11H,3-8H2,1-2H3,(H,17,19). The second-order valence-electron chi connectivity index (χ2n) is 4.87. The molecule has 2 heterocycles. The number of amides is 1. The van der Waals surface area contributed by atoms with E-state index in [4.69, 9.17) is 4.74 Å². The monoisotopic (exact) mass is 278 g/mol. The number of ether oxygens (including phenoxy) is 1. The van der Waals surface area contributed by atoms with E-state index in [1.165, 1.54) is 0 Å². The van der Waals surface area contributed by atoms with E-state index in [0.29, 0.717) is 24.8 Å². The van der Waals surface area contributed by atoms with Gasteiger partial charge in [0.05, 0.1) is 31.3 Å². The highest BCUT2D eigenvalue weighted by Crippen LogP contribution is 2.14. The lowest BCUT2D eigenvalue weighted by molar-refractivity contribution is -0.120. The van der Waals surface area contributed by atoms with Crippen molar-refractivity contribution in [3.05, 3.63) is 12.4 Å². The molecule has 0 unspecified atom stereocenters. The Bertz CT molecular complexity index is 425. The van der Waals surface area contributed by atoms with Crippen LogP contribution in [0.3, 0.4) is 0 Å². The van der Waals surface area contributed by atoms with Crippen LogP contribution < -0.4 is 10.2 Å². The number of morpholine rings is 1. The van der Waals surface area contributed by atoms with E-state index < -0.39 is 0 Å². The van der Waals surface area contributed by atoms with Crippen LogP contribution in [0.15, 0.2) is 12.4 Å². The van der Waals surface area contributed by atoms with Crippen molar-refractivity contribution in [2.75, 3.05) is 36.5 Å². The van der Waals surface area contributed by atoms with Gasteiger partial charge in [0.1, 0.15) is 0 Å². The third-order valence-electron chi connectivity index (χ3n) is 3.56. The first-order chi connectivity index (χ1) is 9.74. The zero-order valence-corrected chi connectivity index (χ0v) is 12.1. The van der Waals surface area contributed by atoms with Crippen molar-refractivity contribution in [2.45, 2.75) is 26.7 Å². The Morgan fingerprint density at radius 3 is 2.45 bits per heavy atom. The molecular formula is C14H22N4O2. The SMILES string of the molecule is CCC(CC)C(=O)Nc1cnc(N2CCOCC2)nc1. The van der Waals surface area contributed by atoms with Gasteiger partial charge in [0.2, 0.25) is 11.9 Å². The zero-order valence-electron chi connectivity index (χ0n) is 12.1. The summed E-state index contributed by atoms with van der Waals surface area (Å²) in [5.41, 5.74) is 0.652. The predicted octanol–water partition coefficient (Wildman–Crippen LogP) is 1.69. The highest BCUT2D eigenvalue weighted by atomic mass is 16.5. The zero-order chi connectivity index (χ0) is 14.4. The Morgan fingerprint density at radius 2 is 1.90 bits per heavy atom. The smallest absolute Gasteiger partial charge is 0.227 e. The molecule has 0 spiro atoms. The number of hydrogen-bond acceptors (Lipinski definition) is 5. The second kappa shape index (κ2) is 7.19. The molecule has 0 atom stereocenters. The Kier molecular flexibility index (Phi) is 5.29. The summed E-state index contributed by atoms with van der Waals surface area (Å²) in [7, 11) is 0. The Morgan fingerprint density at radius 1 is 1.30 bits per heavy atom. The molecule has 1 fully saturated rings. The summed E-state index contributed by atoms with van der Waals surface area (Å²) in [5, 5.41) is 2.87. The van der Waals surface area contributed by atoms with Gasteiger partial charge in [-0.1, -0.05) is 13.8 Å². The van der Waals surface area contributed by atoms with Crippen LogP contribution in [-0.4, -0.2) is 42.2 Å². The number of rotatable bonds is 5. The molecule has 20 heavy (non-hydrogen) atoms. The maximum atomic E-state index is 12.0. The van der Waals surface area contributed by atoms with E-state index in [-0.39, 0.29) is 11.8 Å². The van der Waals surface area contributed by atoms with Gasteiger partial charge in [-0.05, 0) is 12.8 Å². The van der Waals surface area contributed by atoms with Crippen molar-refractivity contribution in [2.24, 2.45) is 5.92 Å². The molecule has 1 N–H and O–H groups in total. The average Bonchev–Trinajstić information content (AvgIpc) is 2.50. The fourth-order valence-electron chi connectivity index (χ4n) is 2.22. The third kappa shape index (κ3) is 3.66. The molecule has 1 aromatic rings. The molecule has 6 heteroatoms. The van der Waals surface area contributed by atoms with Gasteiger partial charge in [0, 0.05) is 19.0 Å². The average molecular weight is 278 g/mol. The fraction of sp³-hybridized carbons (Fsp3) is 0.643. The summed E-state index contributed by atoms with van der Waals surface area (Å²) in [6.07, 6.45) is 5.01. The Labute approximate surface area is 119 Å². The summed E-state index contributed by atoms with van der Waals surface area (Å²) in [5.74, 6) is 0.778. The highest BCUT2D eigenvalue weighted by molar-refractivity contribution is 5.92. The van der Waals surface area contributed by atoms with Crippen LogP contribution in [0.25, 0.3) is 0 Å². The quantitative estimate of drug-likeness (QED) is 0.887. The molecule has 1 aromatic heterocycles. The fourth-order valence-corrected chi connectivity index (χ4v) is 2.22. The van der Waals surface area contributed by atoms with Crippen molar-refractivity contribution in [1.82, 2.24) is 9.97 Å². The van der Waals surface area contributed by atoms with E-state index >= 15 is 0 Å². The van der Waals surface area contributed by atoms with Gasteiger partial charge in [0.15, 0.2) is 0 Å². The van der Waals surface area contributed by atoms with Crippen LogP contribution in [0.5, 0.6) is 0 Å². The minimum Gasteiger partial charge on any atom is -0.378 e. The molecule has 110 valence electrons. The van der Waals surface area contributed by atoms with Gasteiger partial charge in [-0.25, -0.2) is 9.97 Å². The number of carbonyl (C=O) groups is 1. The number of hydrogen-bond donors (Lipinski definition) is 1. The van der Waals surface area contributed by atoms with Crippen LogP contribution in [0.1, 0.15) is 26.7 Å². The second-order valence-corrected chi connectivity index (χ2v) is 4.87. The molecule has 1 amide bonds. The number of carbonyl (C=O) groups excluding carboxylic acids is 1. The number of nitrogens with zero attached hydrogens (tertiary/aromatic N) is 3. The lowest BCUT2D eigenvalue weighted by Crippen LogP contribution is -2.37. The van der Waals surface area contributed by atoms with E-state index in [2.05, 4.69) is 20.2 Å². The van der Waals surface area contributed by atoms with E-state index in [1.807, 2.05) is 13.8 Å². The molecule has 0 aliphatic carbocycles. The molecule has 0 saturated carbocycles. The molecular weight excluding hydrogens is 256 g/mol. The summed E-state index contributed by atoms with van der Waals surface area (Å²) in [4.78, 5) is 22.7. The van der Waals surface area contributed by atoms with Gasteiger partial charge in [-0.2, -0.15) is 0 Å². The molecule has 1 aliphatic heterocycles. The lowest BCUT2D eigenvalue weighted by atomic mass is 10.0. The first-order valence-electron chi connectivity index (χ1n) is 7.20. The largest absolute Gasteiger partial charge is 0.378 e. The van der Waals surface area contributed by atoms with Gasteiger partial charge >= 0.3 is 0 Å². The van der Waals surface area contributed by atoms with Crippen molar-refractivity contribution >= 4 is 17.5 Å². The third-order valence-corrected chi connectivity index (χ3v) is 3.56. The maximum Gasteiger partial charge on any atom is 0.227 e. The summed E-state index contributed by atoms with van der Waals surface area (Å²) in [6, 6.07) is 0. The molecule has 0 aromatic carbocycles. The topological polar surface area (TPSA) is 67.4 Å². The van der Waals surface area contributed by atoms with E-state index in [1.54, 1.807) is 12.4 Å². The van der Waals surface area contributed by atoms with E-state index in [9.17, 15) is 4.79 Å². The van der Waals surface area contributed by atoms with Gasteiger partial charge < -0.3 is 15.0 Å². The maximum absolute atomic E-state index is 12.0. The van der Waals surface area contributed by atoms with E-state index in [0.717, 1.165) is 25.9 Å². The first-order valence-corrected chi connectivity index (χ1v) is 7.20.